The number of benzene rings is 2. The average molecular weight is 371 g/mol. The van der Waals surface area contributed by atoms with Crippen molar-refractivity contribution in [1.29, 1.82) is 0 Å². The molecule has 3 aromatic rings. The van der Waals surface area contributed by atoms with E-state index in [1.165, 1.54) is 0 Å². The third kappa shape index (κ3) is 4.07. The fourth-order valence-electron chi connectivity index (χ4n) is 2.43. The van der Waals surface area contributed by atoms with E-state index in [-0.39, 0.29) is 5.91 Å². The van der Waals surface area contributed by atoms with Crippen molar-refractivity contribution in [1.82, 2.24) is 0 Å². The second kappa shape index (κ2) is 6.96. The maximum absolute atomic E-state index is 12.5. The topological polar surface area (TPSA) is 75.3 Å². The zero-order valence-electron chi connectivity index (χ0n) is 14.1. The Morgan fingerprint density at radius 1 is 1.12 bits per heavy atom. The summed E-state index contributed by atoms with van der Waals surface area (Å²) in [5, 5.41) is 5.75. The molecule has 2 aromatic carbocycles. The third-order valence-electron chi connectivity index (χ3n) is 3.87. The monoisotopic (exact) mass is 371 g/mol. The maximum Gasteiger partial charge on any atom is 0.255 e. The summed E-state index contributed by atoms with van der Waals surface area (Å²) in [6, 6.07) is 16.7. The molecule has 4 N–H and O–H groups in total. The first-order chi connectivity index (χ1) is 11.8. The SMILES string of the molecule is C[P+](C)(O)c1ccc(C(=O)Nc2cc(-c3cccs3)ccc2N)cc1. The van der Waals surface area contributed by atoms with Gasteiger partial charge in [-0.2, -0.15) is 0 Å². The van der Waals surface area contributed by atoms with Crippen LogP contribution in [0.5, 0.6) is 0 Å². The molecule has 0 aliphatic rings. The standard InChI is InChI=1S/C19H19N2O2PS/c1-24(2,23)15-8-5-13(6-9-15)19(22)21-17-12-14(7-10-16(17)20)18-4-3-11-25-18/h3-12,23H,20H2,1-2H3/p+1. The van der Waals surface area contributed by atoms with Crippen molar-refractivity contribution in [3.63, 3.8) is 0 Å². The van der Waals surface area contributed by atoms with Crippen molar-refractivity contribution in [2.75, 3.05) is 24.4 Å². The number of carbonyl (C=O) groups is 1. The fourth-order valence-corrected chi connectivity index (χ4v) is 4.04. The first-order valence-electron chi connectivity index (χ1n) is 7.77. The fraction of sp³-hybridized carbons (Fsp3) is 0.105. The lowest BCUT2D eigenvalue weighted by Gasteiger charge is -2.11. The molecule has 0 spiro atoms. The predicted molar refractivity (Wildman–Crippen MR) is 109 cm³/mol. The highest BCUT2D eigenvalue weighted by Crippen LogP contribution is 2.44. The van der Waals surface area contributed by atoms with Crippen LogP contribution in [0.2, 0.25) is 0 Å². The molecule has 0 fully saturated rings. The molecule has 0 atom stereocenters. The van der Waals surface area contributed by atoms with Gasteiger partial charge in [-0.1, -0.05) is 12.1 Å². The molecule has 0 saturated carbocycles. The second-order valence-corrected chi connectivity index (χ2v) is 10.4. The molecule has 6 heteroatoms. The molecule has 4 nitrogen and oxygen atoms in total. The second-order valence-electron chi connectivity index (χ2n) is 6.17. The minimum absolute atomic E-state index is 0.226. The minimum Gasteiger partial charge on any atom is -0.397 e. The van der Waals surface area contributed by atoms with Gasteiger partial charge in [0.25, 0.3) is 5.91 Å². The van der Waals surface area contributed by atoms with Crippen LogP contribution in [-0.2, 0) is 0 Å². The third-order valence-corrected chi connectivity index (χ3v) is 6.35. The van der Waals surface area contributed by atoms with E-state index < -0.39 is 7.49 Å². The van der Waals surface area contributed by atoms with Gasteiger partial charge in [0.15, 0.2) is 7.49 Å². The molecule has 1 heterocycles. The van der Waals surface area contributed by atoms with Gasteiger partial charge in [0.05, 0.1) is 24.7 Å². The summed E-state index contributed by atoms with van der Waals surface area (Å²) in [7, 11) is -2.08. The molecule has 1 amide bonds. The zero-order valence-corrected chi connectivity index (χ0v) is 15.8. The van der Waals surface area contributed by atoms with Crippen molar-refractivity contribution < 1.29 is 9.69 Å². The number of rotatable bonds is 4. The number of nitrogen functional groups attached to an aromatic ring is 1. The van der Waals surface area contributed by atoms with Crippen LogP contribution < -0.4 is 16.4 Å². The smallest absolute Gasteiger partial charge is 0.255 e. The molecule has 3 rings (SSSR count). The van der Waals surface area contributed by atoms with Crippen LogP contribution in [0.1, 0.15) is 10.4 Å². The van der Waals surface area contributed by atoms with E-state index in [1.54, 1.807) is 41.7 Å². The maximum atomic E-state index is 12.5. The first kappa shape index (κ1) is 17.6. The van der Waals surface area contributed by atoms with Gasteiger partial charge in [0, 0.05) is 10.4 Å². The van der Waals surface area contributed by atoms with E-state index in [0.717, 1.165) is 15.7 Å². The molecule has 0 unspecified atom stereocenters. The summed E-state index contributed by atoms with van der Waals surface area (Å²) < 4.78 is 0. The van der Waals surface area contributed by atoms with Crippen molar-refractivity contribution in [2.45, 2.75) is 0 Å². The Hall–Kier alpha value is -2.20. The van der Waals surface area contributed by atoms with E-state index in [1.807, 2.05) is 43.0 Å². The number of carbonyl (C=O) groups excluding carboxylic acids is 1. The highest BCUT2D eigenvalue weighted by Gasteiger charge is 2.25. The van der Waals surface area contributed by atoms with Gasteiger partial charge in [-0.3, -0.25) is 4.79 Å². The summed E-state index contributed by atoms with van der Waals surface area (Å²) >= 11 is 1.64. The highest BCUT2D eigenvalue weighted by molar-refractivity contribution is 7.76. The first-order valence-corrected chi connectivity index (χ1v) is 11.3. The number of thiophene rings is 1. The lowest BCUT2D eigenvalue weighted by atomic mass is 10.1. The van der Waals surface area contributed by atoms with Gasteiger partial charge < -0.3 is 11.1 Å². The van der Waals surface area contributed by atoms with E-state index in [0.29, 0.717) is 16.9 Å². The van der Waals surface area contributed by atoms with Crippen LogP contribution in [0, 0.1) is 0 Å². The number of nitrogens with two attached hydrogens (primary N) is 1. The van der Waals surface area contributed by atoms with Gasteiger partial charge in [-0.15, -0.1) is 11.3 Å². The van der Waals surface area contributed by atoms with Crippen LogP contribution in [0.25, 0.3) is 10.4 Å². The Morgan fingerprint density at radius 3 is 2.44 bits per heavy atom. The van der Waals surface area contributed by atoms with Gasteiger partial charge in [0.2, 0.25) is 0 Å². The zero-order chi connectivity index (χ0) is 18.0. The van der Waals surface area contributed by atoms with E-state index in [2.05, 4.69) is 5.32 Å². The Kier molecular flexibility index (Phi) is 4.91. The van der Waals surface area contributed by atoms with Crippen LogP contribution in [0.15, 0.2) is 60.0 Å². The Morgan fingerprint density at radius 2 is 1.84 bits per heavy atom. The van der Waals surface area contributed by atoms with Crippen LogP contribution in [0.4, 0.5) is 11.4 Å². The normalized spacial score (nSPS) is 11.3. The van der Waals surface area contributed by atoms with Gasteiger partial charge in [-0.05, 0) is 53.4 Å². The molecular formula is C19H20N2O2PS+. The summed E-state index contributed by atoms with van der Waals surface area (Å²) in [4.78, 5) is 23.7. The Balaban J connectivity index is 1.82. The van der Waals surface area contributed by atoms with Gasteiger partial charge in [0.1, 0.15) is 5.30 Å². The van der Waals surface area contributed by atoms with Crippen LogP contribution >= 0.6 is 18.8 Å². The minimum atomic E-state index is -2.08. The molecule has 0 bridgehead atoms. The number of anilines is 2. The number of hydrogen-bond donors (Lipinski definition) is 3. The number of hydrogen-bond acceptors (Lipinski definition) is 4. The lowest BCUT2D eigenvalue weighted by molar-refractivity contribution is 0.102. The molecular weight excluding hydrogens is 351 g/mol. The Bertz CT molecular complexity index is 885. The highest BCUT2D eigenvalue weighted by atomic mass is 32.1. The predicted octanol–water partition coefficient (Wildman–Crippen LogP) is 4.06. The summed E-state index contributed by atoms with van der Waals surface area (Å²) in [5.41, 5.74) is 8.67. The summed E-state index contributed by atoms with van der Waals surface area (Å²) in [6.45, 7) is 3.64. The van der Waals surface area contributed by atoms with Gasteiger partial charge >= 0.3 is 0 Å². The molecule has 0 radical (unpaired) electrons. The number of nitrogens with one attached hydrogen (secondary N) is 1. The van der Waals surface area contributed by atoms with E-state index in [9.17, 15) is 9.69 Å². The molecule has 0 aliphatic heterocycles. The van der Waals surface area contributed by atoms with E-state index in [4.69, 9.17) is 5.73 Å². The van der Waals surface area contributed by atoms with Crippen molar-refractivity contribution in [3.05, 3.63) is 65.5 Å². The average Bonchev–Trinajstić information content (AvgIpc) is 3.10. The summed E-state index contributed by atoms with van der Waals surface area (Å²) in [6.07, 6.45) is 0. The van der Waals surface area contributed by atoms with Crippen molar-refractivity contribution in [2.24, 2.45) is 0 Å². The molecule has 128 valence electrons. The largest absolute Gasteiger partial charge is 0.397 e. The molecule has 0 saturated heterocycles. The van der Waals surface area contributed by atoms with Crippen molar-refractivity contribution in [3.8, 4) is 10.4 Å². The molecule has 25 heavy (non-hydrogen) atoms. The van der Waals surface area contributed by atoms with Crippen molar-refractivity contribution >= 4 is 41.4 Å². The van der Waals surface area contributed by atoms with Crippen LogP contribution in [-0.4, -0.2) is 24.1 Å². The molecule has 1 aromatic heterocycles. The quantitative estimate of drug-likeness (QED) is 0.478. The number of amides is 1. The Labute approximate surface area is 151 Å². The van der Waals surface area contributed by atoms with Gasteiger partial charge in [-0.25, -0.2) is 4.89 Å². The van der Waals surface area contributed by atoms with Crippen LogP contribution in [0.3, 0.4) is 0 Å². The summed E-state index contributed by atoms with van der Waals surface area (Å²) in [5.74, 6) is -0.226. The lowest BCUT2D eigenvalue weighted by Crippen LogP contribution is -2.15. The van der Waals surface area contributed by atoms with E-state index >= 15 is 0 Å². The molecule has 0 aliphatic carbocycles.